The van der Waals surface area contributed by atoms with Gasteiger partial charge in [0.1, 0.15) is 0 Å². The lowest BCUT2D eigenvalue weighted by molar-refractivity contribution is -0.120. The second kappa shape index (κ2) is 8.53. The fraction of sp³-hybridized carbons (Fsp3) is 0.200. The summed E-state index contributed by atoms with van der Waals surface area (Å²) in [5.74, 6) is 0.911. The van der Waals surface area contributed by atoms with Crippen molar-refractivity contribution in [1.29, 1.82) is 0 Å². The predicted molar refractivity (Wildman–Crippen MR) is 103 cm³/mol. The lowest BCUT2D eigenvalue weighted by atomic mass is 10.2. The van der Waals surface area contributed by atoms with Gasteiger partial charge in [0.05, 0.1) is 11.6 Å². The predicted octanol–water partition coefficient (Wildman–Crippen LogP) is 3.81. The largest absolute Gasteiger partial charge is 0.351 e. The standard InChI is InChI=1S/C20H21N3OS/c1-16(25-14-18-5-3-2-4-6-18)20(24)22-13-17-7-9-19(10-8-17)23-12-11-21-15-23/h2-12,15-16H,13-14H2,1H3,(H,22,24)/t16-/m1/s1. The van der Waals surface area contributed by atoms with Gasteiger partial charge in [-0.15, -0.1) is 11.8 Å². The van der Waals surface area contributed by atoms with E-state index in [0.717, 1.165) is 17.0 Å². The van der Waals surface area contributed by atoms with Crippen molar-refractivity contribution in [1.82, 2.24) is 14.9 Å². The van der Waals surface area contributed by atoms with Crippen LogP contribution in [0.4, 0.5) is 0 Å². The molecular weight excluding hydrogens is 330 g/mol. The van der Waals surface area contributed by atoms with E-state index < -0.39 is 0 Å². The molecule has 0 aliphatic carbocycles. The van der Waals surface area contributed by atoms with E-state index in [4.69, 9.17) is 0 Å². The second-order valence-corrected chi connectivity index (χ2v) is 7.12. The summed E-state index contributed by atoms with van der Waals surface area (Å²) >= 11 is 1.65. The Kier molecular flexibility index (Phi) is 5.90. The fourth-order valence-corrected chi connectivity index (χ4v) is 3.27. The molecule has 0 saturated carbocycles. The van der Waals surface area contributed by atoms with Gasteiger partial charge >= 0.3 is 0 Å². The Morgan fingerprint density at radius 2 is 1.88 bits per heavy atom. The fourth-order valence-electron chi connectivity index (χ4n) is 2.40. The van der Waals surface area contributed by atoms with Crippen molar-refractivity contribution in [2.45, 2.75) is 24.5 Å². The molecule has 1 amide bonds. The van der Waals surface area contributed by atoms with Crippen molar-refractivity contribution in [3.63, 3.8) is 0 Å². The molecular formula is C20H21N3OS. The van der Waals surface area contributed by atoms with E-state index in [0.29, 0.717) is 6.54 Å². The average Bonchev–Trinajstić information content (AvgIpc) is 3.20. The van der Waals surface area contributed by atoms with Gasteiger partial charge in [0.2, 0.25) is 5.91 Å². The third kappa shape index (κ3) is 4.97. The summed E-state index contributed by atoms with van der Waals surface area (Å²) in [5.41, 5.74) is 3.37. The number of amides is 1. The number of nitrogens with one attached hydrogen (secondary N) is 1. The van der Waals surface area contributed by atoms with Crippen LogP contribution in [0.25, 0.3) is 5.69 Å². The lowest BCUT2D eigenvalue weighted by Crippen LogP contribution is -2.30. The van der Waals surface area contributed by atoms with Crippen molar-refractivity contribution >= 4 is 17.7 Å². The molecule has 4 nitrogen and oxygen atoms in total. The minimum Gasteiger partial charge on any atom is -0.351 e. The maximum atomic E-state index is 12.2. The highest BCUT2D eigenvalue weighted by molar-refractivity contribution is 7.99. The zero-order chi connectivity index (χ0) is 17.5. The van der Waals surface area contributed by atoms with Crippen LogP contribution in [0.2, 0.25) is 0 Å². The van der Waals surface area contributed by atoms with Gasteiger partial charge in [0.25, 0.3) is 0 Å². The van der Waals surface area contributed by atoms with Crippen molar-refractivity contribution in [3.05, 3.63) is 84.4 Å². The number of aromatic nitrogens is 2. The highest BCUT2D eigenvalue weighted by atomic mass is 32.2. The highest BCUT2D eigenvalue weighted by Gasteiger charge is 2.13. The number of thioether (sulfide) groups is 1. The molecule has 0 bridgehead atoms. The van der Waals surface area contributed by atoms with Crippen molar-refractivity contribution in [2.24, 2.45) is 0 Å². The first-order valence-electron chi connectivity index (χ1n) is 8.23. The zero-order valence-corrected chi connectivity index (χ0v) is 14.9. The molecule has 128 valence electrons. The summed E-state index contributed by atoms with van der Waals surface area (Å²) in [5, 5.41) is 2.93. The van der Waals surface area contributed by atoms with E-state index in [2.05, 4.69) is 22.4 Å². The number of carbonyl (C=O) groups is 1. The van der Waals surface area contributed by atoms with E-state index in [1.165, 1.54) is 5.56 Å². The monoisotopic (exact) mass is 351 g/mol. The smallest absolute Gasteiger partial charge is 0.233 e. The quantitative estimate of drug-likeness (QED) is 0.704. The van der Waals surface area contributed by atoms with E-state index in [-0.39, 0.29) is 11.2 Å². The maximum absolute atomic E-state index is 12.2. The van der Waals surface area contributed by atoms with Gasteiger partial charge in [-0.2, -0.15) is 0 Å². The molecule has 3 aromatic rings. The summed E-state index contributed by atoms with van der Waals surface area (Å²) < 4.78 is 1.95. The van der Waals surface area contributed by atoms with Crippen LogP contribution in [0.5, 0.6) is 0 Å². The van der Waals surface area contributed by atoms with Gasteiger partial charge in [-0.05, 0) is 30.2 Å². The van der Waals surface area contributed by atoms with E-state index >= 15 is 0 Å². The molecule has 3 rings (SSSR count). The van der Waals surface area contributed by atoms with Crippen molar-refractivity contribution in [3.8, 4) is 5.69 Å². The van der Waals surface area contributed by atoms with Gasteiger partial charge in [0.15, 0.2) is 0 Å². The van der Waals surface area contributed by atoms with E-state index in [1.54, 1.807) is 24.3 Å². The Morgan fingerprint density at radius 3 is 2.56 bits per heavy atom. The zero-order valence-electron chi connectivity index (χ0n) is 14.1. The normalized spacial score (nSPS) is 11.9. The molecule has 1 aromatic heterocycles. The highest BCUT2D eigenvalue weighted by Crippen LogP contribution is 2.17. The molecule has 5 heteroatoms. The van der Waals surface area contributed by atoms with Gasteiger partial charge in [-0.25, -0.2) is 4.98 Å². The first-order valence-corrected chi connectivity index (χ1v) is 9.28. The van der Waals surface area contributed by atoms with Crippen LogP contribution >= 0.6 is 11.8 Å². The molecule has 0 saturated heterocycles. The first-order chi connectivity index (χ1) is 12.2. The van der Waals surface area contributed by atoms with Crippen molar-refractivity contribution < 1.29 is 4.79 Å². The van der Waals surface area contributed by atoms with Crippen LogP contribution < -0.4 is 5.32 Å². The summed E-state index contributed by atoms with van der Waals surface area (Å²) in [6, 6.07) is 18.3. The minimum absolute atomic E-state index is 0.0691. The molecule has 0 aliphatic heterocycles. The molecule has 25 heavy (non-hydrogen) atoms. The molecule has 1 N–H and O–H groups in total. The Labute approximate surface area is 152 Å². The molecule has 1 heterocycles. The summed E-state index contributed by atoms with van der Waals surface area (Å²) in [6.07, 6.45) is 5.42. The van der Waals surface area contributed by atoms with Crippen LogP contribution in [0.3, 0.4) is 0 Å². The van der Waals surface area contributed by atoms with Crippen LogP contribution in [0.1, 0.15) is 18.1 Å². The van der Waals surface area contributed by atoms with Crippen LogP contribution in [-0.2, 0) is 17.1 Å². The summed E-state index contributed by atoms with van der Waals surface area (Å²) in [7, 11) is 0. The Bertz CT molecular complexity index is 786. The maximum Gasteiger partial charge on any atom is 0.233 e. The first kappa shape index (κ1) is 17.3. The number of benzene rings is 2. The molecule has 2 aromatic carbocycles. The minimum atomic E-state index is -0.0783. The average molecular weight is 351 g/mol. The van der Waals surface area contributed by atoms with Crippen LogP contribution in [0, 0.1) is 0 Å². The number of rotatable bonds is 7. The van der Waals surface area contributed by atoms with Gasteiger partial charge in [0, 0.05) is 30.4 Å². The molecule has 0 unspecified atom stereocenters. The number of hydrogen-bond donors (Lipinski definition) is 1. The third-order valence-corrected chi connectivity index (χ3v) is 5.13. The lowest BCUT2D eigenvalue weighted by Gasteiger charge is -2.12. The second-order valence-electron chi connectivity index (χ2n) is 5.79. The molecule has 0 spiro atoms. The molecule has 1 atom stereocenters. The molecule has 0 fully saturated rings. The van der Waals surface area contributed by atoms with Crippen molar-refractivity contribution in [2.75, 3.05) is 0 Å². The number of nitrogens with zero attached hydrogens (tertiary/aromatic N) is 2. The van der Waals surface area contributed by atoms with Gasteiger partial charge in [-0.3, -0.25) is 4.79 Å². The SMILES string of the molecule is C[C@@H](SCc1ccccc1)C(=O)NCc1ccc(-n2ccnc2)cc1. The van der Waals surface area contributed by atoms with Crippen LogP contribution in [-0.4, -0.2) is 20.7 Å². The Balaban J connectivity index is 1.46. The topological polar surface area (TPSA) is 46.9 Å². The molecule has 0 radical (unpaired) electrons. The van der Waals surface area contributed by atoms with Gasteiger partial charge < -0.3 is 9.88 Å². The number of carbonyl (C=O) groups excluding carboxylic acids is 1. The van der Waals surface area contributed by atoms with Gasteiger partial charge in [-0.1, -0.05) is 42.5 Å². The number of imidazole rings is 1. The van der Waals surface area contributed by atoms with E-state index in [9.17, 15) is 4.79 Å². The number of hydrogen-bond acceptors (Lipinski definition) is 3. The summed E-state index contributed by atoms with van der Waals surface area (Å²) in [6.45, 7) is 2.49. The molecule has 0 aliphatic rings. The van der Waals surface area contributed by atoms with Crippen LogP contribution in [0.15, 0.2) is 73.3 Å². The third-order valence-electron chi connectivity index (χ3n) is 3.92. The Morgan fingerprint density at radius 1 is 1.12 bits per heavy atom. The van der Waals surface area contributed by atoms with E-state index in [1.807, 2.05) is 60.2 Å². The Hall–Kier alpha value is -2.53. The summed E-state index contributed by atoms with van der Waals surface area (Å²) in [4.78, 5) is 16.3.